The van der Waals surface area contributed by atoms with Crippen LogP contribution < -0.4 is 15.1 Å². The Morgan fingerprint density at radius 2 is 1.91 bits per heavy atom. The maximum atomic E-state index is 12.5. The monoisotopic (exact) mass is 301 g/mol. The number of nitrogens with zero attached hydrogens (tertiary/aromatic N) is 2. The molecular formula is C17H23N3O2. The summed E-state index contributed by atoms with van der Waals surface area (Å²) in [7, 11) is 0. The van der Waals surface area contributed by atoms with E-state index >= 15 is 0 Å². The lowest BCUT2D eigenvalue weighted by Gasteiger charge is -2.33. The van der Waals surface area contributed by atoms with E-state index in [0.717, 1.165) is 57.9 Å². The van der Waals surface area contributed by atoms with E-state index in [2.05, 4.69) is 33.3 Å². The molecule has 4 rings (SSSR count). The number of carbonyl (C=O) groups excluding carboxylic acids is 1. The van der Waals surface area contributed by atoms with Gasteiger partial charge in [0.15, 0.2) is 0 Å². The first kappa shape index (κ1) is 14.0. The molecule has 22 heavy (non-hydrogen) atoms. The number of ether oxygens (including phenoxy) is 1. The van der Waals surface area contributed by atoms with Gasteiger partial charge < -0.3 is 19.9 Å². The standard InChI is InChI=1S/C17H23N3O2/c21-17-11-13-1-2-15(19-7-9-22-10-8-19)12-16(13)20(17)14-3-5-18-6-4-14/h1-2,12,14,18H,3-11H2. The molecule has 1 aromatic rings. The molecule has 3 heterocycles. The van der Waals surface area contributed by atoms with E-state index in [4.69, 9.17) is 4.74 Å². The quantitative estimate of drug-likeness (QED) is 0.890. The minimum absolute atomic E-state index is 0.265. The van der Waals surface area contributed by atoms with E-state index in [1.807, 2.05) is 0 Å². The summed E-state index contributed by atoms with van der Waals surface area (Å²) in [5.41, 5.74) is 3.54. The number of nitrogens with one attached hydrogen (secondary N) is 1. The summed E-state index contributed by atoms with van der Waals surface area (Å²) in [6.45, 7) is 5.45. The van der Waals surface area contributed by atoms with Crippen molar-refractivity contribution >= 4 is 17.3 Å². The highest BCUT2D eigenvalue weighted by Crippen LogP contribution is 2.36. The number of morpholine rings is 1. The molecule has 2 saturated heterocycles. The average molecular weight is 301 g/mol. The Morgan fingerprint density at radius 1 is 1.14 bits per heavy atom. The molecule has 5 nitrogen and oxygen atoms in total. The van der Waals surface area contributed by atoms with Gasteiger partial charge in [-0.2, -0.15) is 0 Å². The van der Waals surface area contributed by atoms with E-state index in [1.54, 1.807) is 0 Å². The molecule has 1 aromatic carbocycles. The highest BCUT2D eigenvalue weighted by molar-refractivity contribution is 6.02. The Morgan fingerprint density at radius 3 is 2.68 bits per heavy atom. The van der Waals surface area contributed by atoms with E-state index in [9.17, 15) is 4.79 Å². The minimum Gasteiger partial charge on any atom is -0.378 e. The van der Waals surface area contributed by atoms with Gasteiger partial charge >= 0.3 is 0 Å². The summed E-state index contributed by atoms with van der Waals surface area (Å²) in [5, 5.41) is 3.38. The maximum absolute atomic E-state index is 12.5. The zero-order chi connectivity index (χ0) is 14.9. The molecule has 2 fully saturated rings. The molecule has 3 aliphatic heterocycles. The van der Waals surface area contributed by atoms with Gasteiger partial charge in [0, 0.05) is 30.5 Å². The van der Waals surface area contributed by atoms with Crippen LogP contribution in [0.1, 0.15) is 18.4 Å². The number of rotatable bonds is 2. The lowest BCUT2D eigenvalue weighted by Crippen LogP contribution is -2.44. The average Bonchev–Trinajstić information content (AvgIpc) is 2.91. The predicted molar refractivity (Wildman–Crippen MR) is 86.6 cm³/mol. The van der Waals surface area contributed by atoms with Crippen molar-refractivity contribution in [2.75, 3.05) is 49.2 Å². The fourth-order valence-electron chi connectivity index (χ4n) is 3.79. The second-order valence-electron chi connectivity index (χ2n) is 6.33. The summed E-state index contributed by atoms with van der Waals surface area (Å²) in [4.78, 5) is 16.9. The number of hydrogen-bond acceptors (Lipinski definition) is 4. The van der Waals surface area contributed by atoms with Gasteiger partial charge in [-0.15, -0.1) is 0 Å². The molecule has 118 valence electrons. The normalized spacial score (nSPS) is 23.0. The van der Waals surface area contributed by atoms with Crippen molar-refractivity contribution in [3.05, 3.63) is 23.8 Å². The second kappa shape index (κ2) is 5.89. The van der Waals surface area contributed by atoms with Gasteiger partial charge in [-0.05, 0) is 43.6 Å². The van der Waals surface area contributed by atoms with Crippen LogP contribution in [0.4, 0.5) is 11.4 Å². The third-order valence-electron chi connectivity index (χ3n) is 4.99. The smallest absolute Gasteiger partial charge is 0.231 e. The summed E-state index contributed by atoms with van der Waals surface area (Å²) in [6, 6.07) is 6.87. The number of fused-ring (bicyclic) bond motifs is 1. The molecule has 5 heteroatoms. The van der Waals surface area contributed by atoms with Crippen LogP contribution in [0.15, 0.2) is 18.2 Å². The van der Waals surface area contributed by atoms with Crippen LogP contribution >= 0.6 is 0 Å². The Labute approximate surface area is 131 Å². The molecule has 0 aromatic heterocycles. The zero-order valence-electron chi connectivity index (χ0n) is 12.9. The molecule has 1 N–H and O–H groups in total. The van der Waals surface area contributed by atoms with Gasteiger partial charge in [-0.1, -0.05) is 6.07 Å². The van der Waals surface area contributed by atoms with Gasteiger partial charge in [0.25, 0.3) is 0 Å². The number of hydrogen-bond donors (Lipinski definition) is 1. The van der Waals surface area contributed by atoms with Crippen LogP contribution in [-0.4, -0.2) is 51.3 Å². The molecule has 0 saturated carbocycles. The maximum Gasteiger partial charge on any atom is 0.231 e. The van der Waals surface area contributed by atoms with Crippen molar-refractivity contribution in [1.29, 1.82) is 0 Å². The first-order valence-corrected chi connectivity index (χ1v) is 8.31. The first-order chi connectivity index (χ1) is 10.8. The molecule has 0 bridgehead atoms. The third kappa shape index (κ3) is 2.48. The van der Waals surface area contributed by atoms with E-state index in [1.165, 1.54) is 11.3 Å². The Balaban J connectivity index is 1.63. The number of piperidine rings is 1. The fourth-order valence-corrected chi connectivity index (χ4v) is 3.79. The van der Waals surface area contributed by atoms with Gasteiger partial charge in [-0.3, -0.25) is 4.79 Å². The van der Waals surface area contributed by atoms with Crippen molar-refractivity contribution in [3.8, 4) is 0 Å². The SMILES string of the molecule is O=C1Cc2ccc(N3CCOCC3)cc2N1C1CCNCC1. The highest BCUT2D eigenvalue weighted by atomic mass is 16.5. The molecular weight excluding hydrogens is 278 g/mol. The van der Waals surface area contributed by atoms with Crippen molar-refractivity contribution in [2.24, 2.45) is 0 Å². The number of amides is 1. The van der Waals surface area contributed by atoms with Gasteiger partial charge in [0.1, 0.15) is 0 Å². The molecule has 3 aliphatic rings. The van der Waals surface area contributed by atoms with Gasteiger partial charge in [-0.25, -0.2) is 0 Å². The minimum atomic E-state index is 0.265. The summed E-state index contributed by atoms with van der Waals surface area (Å²) < 4.78 is 5.43. The Hall–Kier alpha value is -1.59. The van der Waals surface area contributed by atoms with Crippen LogP contribution in [0.2, 0.25) is 0 Å². The summed E-state index contributed by atoms with van der Waals surface area (Å²) in [6.07, 6.45) is 2.66. The van der Waals surface area contributed by atoms with Crippen LogP contribution in [0.3, 0.4) is 0 Å². The lowest BCUT2D eigenvalue weighted by atomic mass is 10.0. The van der Waals surface area contributed by atoms with Crippen molar-refractivity contribution in [3.63, 3.8) is 0 Å². The molecule has 0 atom stereocenters. The molecule has 1 amide bonds. The van der Waals surface area contributed by atoms with E-state index < -0.39 is 0 Å². The molecule has 0 aliphatic carbocycles. The number of benzene rings is 1. The number of carbonyl (C=O) groups is 1. The lowest BCUT2D eigenvalue weighted by molar-refractivity contribution is -0.117. The molecule has 0 unspecified atom stereocenters. The number of anilines is 2. The molecule has 0 radical (unpaired) electrons. The van der Waals surface area contributed by atoms with E-state index in [0.29, 0.717) is 12.5 Å². The van der Waals surface area contributed by atoms with Crippen LogP contribution in [0.25, 0.3) is 0 Å². The Kier molecular flexibility index (Phi) is 3.76. The molecule has 0 spiro atoms. The summed E-state index contributed by atoms with van der Waals surface area (Å²) in [5.74, 6) is 0.265. The van der Waals surface area contributed by atoms with Gasteiger partial charge in [0.05, 0.1) is 19.6 Å². The van der Waals surface area contributed by atoms with Crippen LogP contribution in [-0.2, 0) is 16.0 Å². The van der Waals surface area contributed by atoms with Crippen LogP contribution in [0, 0.1) is 0 Å². The first-order valence-electron chi connectivity index (χ1n) is 8.31. The van der Waals surface area contributed by atoms with Crippen molar-refractivity contribution in [1.82, 2.24) is 5.32 Å². The van der Waals surface area contributed by atoms with Crippen LogP contribution in [0.5, 0.6) is 0 Å². The predicted octanol–water partition coefficient (Wildman–Crippen LogP) is 1.16. The third-order valence-corrected chi connectivity index (χ3v) is 4.99. The Bertz CT molecular complexity index is 563. The fraction of sp³-hybridized carbons (Fsp3) is 0.588. The largest absolute Gasteiger partial charge is 0.378 e. The topological polar surface area (TPSA) is 44.8 Å². The second-order valence-corrected chi connectivity index (χ2v) is 6.33. The summed E-state index contributed by atoms with van der Waals surface area (Å²) >= 11 is 0. The van der Waals surface area contributed by atoms with E-state index in [-0.39, 0.29) is 5.91 Å². The van der Waals surface area contributed by atoms with Crippen molar-refractivity contribution in [2.45, 2.75) is 25.3 Å². The zero-order valence-corrected chi connectivity index (χ0v) is 12.9. The van der Waals surface area contributed by atoms with Gasteiger partial charge in [0.2, 0.25) is 5.91 Å². The van der Waals surface area contributed by atoms with Crippen molar-refractivity contribution < 1.29 is 9.53 Å². The highest BCUT2D eigenvalue weighted by Gasteiger charge is 2.34.